The second-order valence-corrected chi connectivity index (χ2v) is 5.15. The molecule has 0 saturated heterocycles. The Morgan fingerprint density at radius 1 is 1.10 bits per heavy atom. The molecule has 0 radical (unpaired) electrons. The zero-order chi connectivity index (χ0) is 15.4. The molecule has 0 aromatic heterocycles. The summed E-state index contributed by atoms with van der Waals surface area (Å²) in [6.07, 6.45) is 0. The van der Waals surface area contributed by atoms with Gasteiger partial charge in [0.2, 0.25) is 0 Å². The van der Waals surface area contributed by atoms with E-state index in [1.54, 1.807) is 30.3 Å². The van der Waals surface area contributed by atoms with Gasteiger partial charge in [-0.25, -0.2) is 0 Å². The van der Waals surface area contributed by atoms with Crippen molar-refractivity contribution in [2.24, 2.45) is 0 Å². The van der Waals surface area contributed by atoms with Crippen LogP contribution in [0.2, 0.25) is 10.0 Å². The molecule has 0 spiro atoms. The van der Waals surface area contributed by atoms with E-state index in [9.17, 15) is 10.0 Å². The van der Waals surface area contributed by atoms with E-state index in [-0.39, 0.29) is 12.1 Å². The van der Waals surface area contributed by atoms with Crippen molar-refractivity contribution in [3.63, 3.8) is 0 Å². The van der Waals surface area contributed by atoms with E-state index in [0.29, 0.717) is 21.5 Å². The first-order valence-corrected chi connectivity index (χ1v) is 6.87. The van der Waals surface area contributed by atoms with Crippen LogP contribution in [0.15, 0.2) is 36.4 Å². The molecule has 0 aliphatic carbocycles. The number of methoxy groups -OCH3 is 1. The standard InChI is InChI=1S/C14H13BCl2O4/c1-20-11-4-5-14(12(7-11)15(18)19)21-8-9-2-3-10(16)6-13(9)17/h2-7,18-19H,8H2,1H3. The van der Waals surface area contributed by atoms with Gasteiger partial charge in [-0.2, -0.15) is 0 Å². The van der Waals surface area contributed by atoms with Crippen molar-refractivity contribution in [2.75, 3.05) is 7.11 Å². The number of rotatable bonds is 5. The first kappa shape index (κ1) is 16.0. The molecule has 0 unspecified atom stereocenters. The number of hydrogen-bond acceptors (Lipinski definition) is 4. The lowest BCUT2D eigenvalue weighted by molar-refractivity contribution is 0.306. The highest BCUT2D eigenvalue weighted by Gasteiger charge is 2.18. The Bertz CT molecular complexity index is 634. The highest BCUT2D eigenvalue weighted by Crippen LogP contribution is 2.23. The van der Waals surface area contributed by atoms with Crippen molar-refractivity contribution >= 4 is 35.8 Å². The van der Waals surface area contributed by atoms with Crippen LogP contribution in [0.4, 0.5) is 0 Å². The molecule has 0 fully saturated rings. The Labute approximate surface area is 133 Å². The van der Waals surface area contributed by atoms with Crippen LogP contribution in [0.1, 0.15) is 5.56 Å². The van der Waals surface area contributed by atoms with Crippen LogP contribution in [0, 0.1) is 0 Å². The molecule has 0 amide bonds. The second kappa shape index (κ2) is 7.05. The van der Waals surface area contributed by atoms with Gasteiger partial charge in [0, 0.05) is 21.1 Å². The molecule has 2 aromatic rings. The molecule has 21 heavy (non-hydrogen) atoms. The molecule has 110 valence electrons. The van der Waals surface area contributed by atoms with Gasteiger partial charge in [0.25, 0.3) is 0 Å². The van der Waals surface area contributed by atoms with Gasteiger partial charge >= 0.3 is 7.12 Å². The summed E-state index contributed by atoms with van der Waals surface area (Å²) < 4.78 is 10.6. The Morgan fingerprint density at radius 3 is 2.48 bits per heavy atom. The van der Waals surface area contributed by atoms with Gasteiger partial charge in [0.1, 0.15) is 18.1 Å². The predicted octanol–water partition coefficient (Wildman–Crippen LogP) is 2.26. The third-order valence-corrected chi connectivity index (χ3v) is 3.48. The van der Waals surface area contributed by atoms with Crippen LogP contribution < -0.4 is 14.9 Å². The minimum atomic E-state index is -1.66. The van der Waals surface area contributed by atoms with Gasteiger partial charge in [-0.15, -0.1) is 0 Å². The molecule has 7 heteroatoms. The van der Waals surface area contributed by atoms with E-state index < -0.39 is 7.12 Å². The largest absolute Gasteiger partial charge is 0.497 e. The van der Waals surface area contributed by atoms with Crippen LogP contribution in [-0.2, 0) is 6.61 Å². The summed E-state index contributed by atoms with van der Waals surface area (Å²) >= 11 is 11.9. The molecule has 4 nitrogen and oxygen atoms in total. The third kappa shape index (κ3) is 4.05. The lowest BCUT2D eigenvalue weighted by atomic mass is 9.79. The van der Waals surface area contributed by atoms with Gasteiger partial charge in [0.15, 0.2) is 0 Å². The average Bonchev–Trinajstić information content (AvgIpc) is 2.46. The molecule has 2 aromatic carbocycles. The van der Waals surface area contributed by atoms with E-state index in [4.69, 9.17) is 32.7 Å². The topological polar surface area (TPSA) is 58.9 Å². The summed E-state index contributed by atoms with van der Waals surface area (Å²) in [6, 6.07) is 9.87. The first-order valence-electron chi connectivity index (χ1n) is 6.12. The molecule has 0 atom stereocenters. The van der Waals surface area contributed by atoms with Crippen LogP contribution in [0.5, 0.6) is 11.5 Å². The van der Waals surface area contributed by atoms with Crippen molar-refractivity contribution in [1.29, 1.82) is 0 Å². The number of ether oxygens (including phenoxy) is 2. The van der Waals surface area contributed by atoms with Crippen molar-refractivity contribution in [2.45, 2.75) is 6.61 Å². The Morgan fingerprint density at radius 2 is 1.86 bits per heavy atom. The molecule has 0 aliphatic rings. The zero-order valence-corrected chi connectivity index (χ0v) is 12.7. The maximum atomic E-state index is 9.39. The number of halogens is 2. The fraction of sp³-hybridized carbons (Fsp3) is 0.143. The second-order valence-electron chi connectivity index (χ2n) is 4.30. The number of benzene rings is 2. The molecular weight excluding hydrogens is 314 g/mol. The van der Waals surface area contributed by atoms with Crippen molar-refractivity contribution in [1.82, 2.24) is 0 Å². The van der Waals surface area contributed by atoms with Crippen molar-refractivity contribution in [3.05, 3.63) is 52.0 Å². The van der Waals surface area contributed by atoms with E-state index in [2.05, 4.69) is 0 Å². The summed E-state index contributed by atoms with van der Waals surface area (Å²) in [6.45, 7) is 0.183. The quantitative estimate of drug-likeness (QED) is 0.827. The third-order valence-electron chi connectivity index (χ3n) is 2.89. The van der Waals surface area contributed by atoms with E-state index in [1.807, 2.05) is 0 Å². The van der Waals surface area contributed by atoms with Crippen LogP contribution in [0.25, 0.3) is 0 Å². The average molecular weight is 327 g/mol. The minimum Gasteiger partial charge on any atom is -0.497 e. The fourth-order valence-electron chi connectivity index (χ4n) is 1.78. The van der Waals surface area contributed by atoms with E-state index in [1.165, 1.54) is 13.2 Å². The van der Waals surface area contributed by atoms with Gasteiger partial charge in [-0.05, 0) is 30.3 Å². The zero-order valence-electron chi connectivity index (χ0n) is 11.2. The summed E-state index contributed by atoms with van der Waals surface area (Å²) in [4.78, 5) is 0. The van der Waals surface area contributed by atoms with E-state index >= 15 is 0 Å². The van der Waals surface area contributed by atoms with Gasteiger partial charge in [0.05, 0.1) is 7.11 Å². The predicted molar refractivity (Wildman–Crippen MR) is 83.6 cm³/mol. The molecule has 0 heterocycles. The Balaban J connectivity index is 2.19. The van der Waals surface area contributed by atoms with Crippen molar-refractivity contribution < 1.29 is 19.5 Å². The fourth-order valence-corrected chi connectivity index (χ4v) is 2.24. The molecule has 0 bridgehead atoms. The lowest BCUT2D eigenvalue weighted by Gasteiger charge is -2.13. The SMILES string of the molecule is COc1ccc(OCc2ccc(Cl)cc2Cl)c(B(O)O)c1. The van der Waals surface area contributed by atoms with Gasteiger partial charge < -0.3 is 19.5 Å². The monoisotopic (exact) mass is 326 g/mol. The first-order chi connectivity index (χ1) is 10.0. The molecule has 0 aliphatic heterocycles. The highest BCUT2D eigenvalue weighted by molar-refractivity contribution is 6.59. The molecule has 2 N–H and O–H groups in total. The van der Waals surface area contributed by atoms with Gasteiger partial charge in [-0.1, -0.05) is 29.3 Å². The lowest BCUT2D eigenvalue weighted by Crippen LogP contribution is -2.31. The van der Waals surface area contributed by atoms with Crippen LogP contribution >= 0.6 is 23.2 Å². The molecule has 0 saturated carbocycles. The number of hydrogen-bond donors (Lipinski definition) is 2. The maximum absolute atomic E-state index is 9.39. The Kier molecular flexibility index (Phi) is 5.36. The summed E-state index contributed by atoms with van der Waals surface area (Å²) in [7, 11) is -0.160. The molecular formula is C14H13BCl2O4. The van der Waals surface area contributed by atoms with E-state index in [0.717, 1.165) is 5.56 Å². The minimum absolute atomic E-state index is 0.183. The summed E-state index contributed by atoms with van der Waals surface area (Å²) in [5, 5.41) is 19.8. The Hall–Kier alpha value is -1.40. The van der Waals surface area contributed by atoms with Crippen molar-refractivity contribution in [3.8, 4) is 11.5 Å². The smallest absolute Gasteiger partial charge is 0.492 e. The molecule has 2 rings (SSSR count). The summed E-state index contributed by atoms with van der Waals surface area (Å²) in [5.41, 5.74) is 0.967. The summed E-state index contributed by atoms with van der Waals surface area (Å²) in [5.74, 6) is 0.854. The van der Waals surface area contributed by atoms with Crippen LogP contribution in [0.3, 0.4) is 0 Å². The highest BCUT2D eigenvalue weighted by atomic mass is 35.5. The van der Waals surface area contributed by atoms with Gasteiger partial charge in [-0.3, -0.25) is 0 Å². The van der Waals surface area contributed by atoms with Crippen LogP contribution in [-0.4, -0.2) is 24.3 Å². The normalized spacial score (nSPS) is 10.3. The maximum Gasteiger partial charge on any atom is 0.492 e.